The molecule has 2 atom stereocenters. The summed E-state index contributed by atoms with van der Waals surface area (Å²) in [7, 11) is -0.590. The summed E-state index contributed by atoms with van der Waals surface area (Å²) in [4.78, 5) is 18.4. The maximum Gasteiger partial charge on any atom is 0.158 e. The van der Waals surface area contributed by atoms with Crippen LogP contribution < -0.4 is 0 Å². The van der Waals surface area contributed by atoms with Crippen LogP contribution in [0.15, 0.2) is 0 Å². The molecule has 3 nitrogen and oxygen atoms in total. The van der Waals surface area contributed by atoms with Crippen molar-refractivity contribution in [1.29, 1.82) is 0 Å². The fourth-order valence-electron chi connectivity index (χ4n) is 0.162. The van der Waals surface area contributed by atoms with E-state index in [1.165, 1.54) is 6.92 Å². The molecule has 0 amide bonds. The molecule has 0 radical (unpaired) electrons. The molecule has 0 fully saturated rings. The summed E-state index contributed by atoms with van der Waals surface area (Å²) >= 11 is 0. The van der Waals surface area contributed by atoms with Crippen LogP contribution in [0.4, 0.5) is 0 Å². The van der Waals surface area contributed by atoms with Gasteiger partial charge in [0.2, 0.25) is 0 Å². The van der Waals surface area contributed by atoms with Gasteiger partial charge in [-0.3, -0.25) is 4.79 Å². The topological polar surface area (TPSA) is 46.5 Å². The first kappa shape index (κ1) is 8.02. The van der Waals surface area contributed by atoms with E-state index in [9.17, 15) is 4.79 Å². The third-order valence-electron chi connectivity index (χ3n) is 0.802. The average molecular weight is 136 g/mol. The van der Waals surface area contributed by atoms with Crippen LogP contribution in [-0.4, -0.2) is 16.8 Å². The van der Waals surface area contributed by atoms with Gasteiger partial charge in [0.05, 0.1) is 0 Å². The van der Waals surface area contributed by atoms with Crippen molar-refractivity contribution >= 4 is 14.8 Å². The Morgan fingerprint density at radius 2 is 2.38 bits per heavy atom. The molecule has 1 N–H and O–H groups in total. The molecular weight excluding hydrogens is 127 g/mol. The standard InChI is InChI=1S/C4H9O3P/c1-3(5)4(2)7-8-6/h4,6,8H,1-2H3. The first-order chi connectivity index (χ1) is 3.68. The molecule has 4 heteroatoms. The Hall–Kier alpha value is 0.0200. The summed E-state index contributed by atoms with van der Waals surface area (Å²) < 4.78 is 4.54. The summed E-state index contributed by atoms with van der Waals surface area (Å²) in [6, 6.07) is 0. The molecule has 0 bridgehead atoms. The van der Waals surface area contributed by atoms with E-state index in [2.05, 4.69) is 4.52 Å². The van der Waals surface area contributed by atoms with Gasteiger partial charge in [0.1, 0.15) is 6.10 Å². The molecule has 0 aliphatic rings. The number of rotatable bonds is 3. The van der Waals surface area contributed by atoms with Gasteiger partial charge in [-0.2, -0.15) is 0 Å². The fourth-order valence-corrected chi connectivity index (χ4v) is 0.486. The van der Waals surface area contributed by atoms with Gasteiger partial charge in [-0.05, 0) is 13.8 Å². The molecule has 0 saturated carbocycles. The third-order valence-corrected chi connectivity index (χ3v) is 1.26. The molecule has 48 valence electrons. The van der Waals surface area contributed by atoms with Gasteiger partial charge < -0.3 is 9.42 Å². The van der Waals surface area contributed by atoms with Gasteiger partial charge in [0.25, 0.3) is 0 Å². The average Bonchev–Trinajstić information content (AvgIpc) is 1.67. The monoisotopic (exact) mass is 136 g/mol. The van der Waals surface area contributed by atoms with Crippen molar-refractivity contribution in [2.24, 2.45) is 0 Å². The zero-order valence-corrected chi connectivity index (χ0v) is 5.84. The minimum absolute atomic E-state index is 0.0634. The van der Waals surface area contributed by atoms with Crippen LogP contribution in [0, 0.1) is 0 Å². The number of ketones is 1. The second-order valence-corrected chi connectivity index (χ2v) is 1.88. The largest absolute Gasteiger partial charge is 0.352 e. The molecule has 0 rings (SSSR count). The molecule has 0 saturated heterocycles. The van der Waals surface area contributed by atoms with Crippen LogP contribution in [0.2, 0.25) is 0 Å². The second-order valence-electron chi connectivity index (χ2n) is 1.46. The predicted octanol–water partition coefficient (Wildman–Crippen LogP) is 0.481. The molecule has 0 aromatic heterocycles. The summed E-state index contributed by atoms with van der Waals surface area (Å²) in [6.07, 6.45) is -0.460. The van der Waals surface area contributed by atoms with E-state index in [4.69, 9.17) is 4.89 Å². The van der Waals surface area contributed by atoms with Crippen molar-refractivity contribution in [3.63, 3.8) is 0 Å². The van der Waals surface area contributed by atoms with Gasteiger partial charge >= 0.3 is 0 Å². The van der Waals surface area contributed by atoms with E-state index < -0.39 is 15.1 Å². The summed E-state index contributed by atoms with van der Waals surface area (Å²) in [6.45, 7) is 3.02. The molecule has 2 unspecified atom stereocenters. The number of carbonyl (C=O) groups excluding carboxylic acids is 1. The molecule has 0 aliphatic heterocycles. The van der Waals surface area contributed by atoms with Crippen molar-refractivity contribution in [3.05, 3.63) is 0 Å². The zero-order chi connectivity index (χ0) is 6.57. The Bertz CT molecular complexity index is 83.4. The second kappa shape index (κ2) is 3.96. The van der Waals surface area contributed by atoms with E-state index in [0.29, 0.717) is 0 Å². The van der Waals surface area contributed by atoms with Crippen LogP contribution in [0.5, 0.6) is 0 Å². The van der Waals surface area contributed by atoms with Gasteiger partial charge in [0.15, 0.2) is 14.8 Å². The van der Waals surface area contributed by atoms with Gasteiger partial charge in [0, 0.05) is 0 Å². The summed E-state index contributed by atoms with van der Waals surface area (Å²) in [5.41, 5.74) is 0. The lowest BCUT2D eigenvalue weighted by Gasteiger charge is -2.03. The van der Waals surface area contributed by atoms with Gasteiger partial charge in [-0.1, -0.05) is 0 Å². The fraction of sp³-hybridized carbons (Fsp3) is 0.750. The van der Waals surface area contributed by atoms with Crippen molar-refractivity contribution < 1.29 is 14.2 Å². The summed E-state index contributed by atoms with van der Waals surface area (Å²) in [5, 5.41) is 0. The first-order valence-electron chi connectivity index (χ1n) is 2.23. The minimum Gasteiger partial charge on any atom is -0.352 e. The molecular formula is C4H9O3P. The van der Waals surface area contributed by atoms with Gasteiger partial charge in [-0.25, -0.2) is 0 Å². The van der Waals surface area contributed by atoms with Crippen LogP contribution >= 0.6 is 9.03 Å². The highest BCUT2D eigenvalue weighted by Gasteiger charge is 2.04. The van der Waals surface area contributed by atoms with Crippen LogP contribution in [0.1, 0.15) is 13.8 Å². The molecule has 0 aromatic carbocycles. The molecule has 0 aliphatic carbocycles. The zero-order valence-electron chi connectivity index (χ0n) is 4.84. The minimum atomic E-state index is -0.590. The van der Waals surface area contributed by atoms with E-state index >= 15 is 0 Å². The number of hydrogen-bond donors (Lipinski definition) is 1. The maximum atomic E-state index is 10.3. The third kappa shape index (κ3) is 3.08. The highest BCUT2D eigenvalue weighted by molar-refractivity contribution is 7.25. The quantitative estimate of drug-likeness (QED) is 0.574. The normalized spacial score (nSPS) is 14.9. The molecule has 0 aromatic rings. The lowest BCUT2D eigenvalue weighted by Crippen LogP contribution is -2.12. The highest BCUT2D eigenvalue weighted by atomic mass is 31.1. The van der Waals surface area contributed by atoms with Crippen LogP contribution in [-0.2, 0) is 9.32 Å². The molecule has 8 heavy (non-hydrogen) atoms. The van der Waals surface area contributed by atoms with E-state index in [0.717, 1.165) is 0 Å². The lowest BCUT2D eigenvalue weighted by atomic mass is 10.3. The summed E-state index contributed by atoms with van der Waals surface area (Å²) in [5.74, 6) is -0.0634. The van der Waals surface area contributed by atoms with E-state index in [1.807, 2.05) is 0 Å². The Morgan fingerprint density at radius 3 is 2.50 bits per heavy atom. The number of Topliss-reactive ketones (excluding diaryl/α,β-unsaturated/α-hetero) is 1. The Balaban J connectivity index is 3.32. The Kier molecular flexibility index (Phi) is 3.97. The van der Waals surface area contributed by atoms with Crippen molar-refractivity contribution in [3.8, 4) is 0 Å². The number of carbonyl (C=O) groups is 1. The van der Waals surface area contributed by atoms with Crippen LogP contribution in [0.25, 0.3) is 0 Å². The van der Waals surface area contributed by atoms with Crippen molar-refractivity contribution in [1.82, 2.24) is 0 Å². The molecule has 0 heterocycles. The smallest absolute Gasteiger partial charge is 0.158 e. The maximum absolute atomic E-state index is 10.3. The van der Waals surface area contributed by atoms with Crippen molar-refractivity contribution in [2.45, 2.75) is 20.0 Å². The molecule has 0 spiro atoms. The highest BCUT2D eigenvalue weighted by Crippen LogP contribution is 2.08. The van der Waals surface area contributed by atoms with E-state index in [1.54, 1.807) is 6.92 Å². The number of hydrogen-bond acceptors (Lipinski definition) is 3. The first-order valence-corrected chi connectivity index (χ1v) is 3.09. The Morgan fingerprint density at radius 1 is 1.88 bits per heavy atom. The lowest BCUT2D eigenvalue weighted by molar-refractivity contribution is -0.122. The predicted molar refractivity (Wildman–Crippen MR) is 31.8 cm³/mol. The SMILES string of the molecule is CC(=O)C(C)OPO. The van der Waals surface area contributed by atoms with Crippen LogP contribution in [0.3, 0.4) is 0 Å². The van der Waals surface area contributed by atoms with Gasteiger partial charge in [-0.15, -0.1) is 0 Å². The van der Waals surface area contributed by atoms with Crippen molar-refractivity contribution in [2.75, 3.05) is 0 Å². The Labute approximate surface area is 50.0 Å². The van der Waals surface area contributed by atoms with E-state index in [-0.39, 0.29) is 5.78 Å².